The van der Waals surface area contributed by atoms with Crippen molar-refractivity contribution in [2.24, 2.45) is 0 Å². The van der Waals surface area contributed by atoms with E-state index in [0.717, 1.165) is 6.42 Å². The van der Waals surface area contributed by atoms with Gasteiger partial charge in [-0.15, -0.1) is 12.4 Å². The van der Waals surface area contributed by atoms with Crippen LogP contribution in [0.1, 0.15) is 12.8 Å². The van der Waals surface area contributed by atoms with Crippen LogP contribution in [-0.2, 0) is 14.8 Å². The number of carboxylic acids is 1. The molecule has 6 nitrogen and oxygen atoms in total. The fraction of sp³-hybridized carbons (Fsp3) is 0.462. The van der Waals surface area contributed by atoms with Gasteiger partial charge in [0.1, 0.15) is 6.04 Å². The maximum atomic E-state index is 12.0. The minimum absolute atomic E-state index is 0. The summed E-state index contributed by atoms with van der Waals surface area (Å²) in [7, 11) is -3.51. The normalized spacial score (nSPS) is 19.1. The molecule has 2 rings (SSSR count). The topological polar surface area (TPSA) is 86.7 Å². The lowest BCUT2D eigenvalue weighted by atomic mass is 10.2. The number of nitrogens with zero attached hydrogens (tertiary/aromatic N) is 1. The molecule has 0 bridgehead atoms. The molecule has 1 saturated heterocycles. The average Bonchev–Trinajstić information content (AvgIpc) is 2.88. The Bertz CT molecular complexity index is 565. The summed E-state index contributed by atoms with van der Waals surface area (Å²) in [6.45, 7) is 1.31. The summed E-state index contributed by atoms with van der Waals surface area (Å²) in [5.41, 5.74) is 0. The zero-order valence-electron chi connectivity index (χ0n) is 11.4. The molecule has 1 heterocycles. The van der Waals surface area contributed by atoms with Crippen LogP contribution in [0.15, 0.2) is 35.2 Å². The summed E-state index contributed by atoms with van der Waals surface area (Å²) < 4.78 is 26.5. The molecule has 1 aliphatic heterocycles. The molecule has 21 heavy (non-hydrogen) atoms. The van der Waals surface area contributed by atoms with Crippen molar-refractivity contribution in [3.63, 3.8) is 0 Å². The summed E-state index contributed by atoms with van der Waals surface area (Å²) in [5.74, 6) is -0.839. The minimum atomic E-state index is -3.51. The van der Waals surface area contributed by atoms with Crippen LogP contribution in [0.4, 0.5) is 0 Å². The number of carbonyl (C=O) groups is 1. The quantitative estimate of drug-likeness (QED) is 0.808. The number of hydrogen-bond donors (Lipinski definition) is 2. The predicted molar refractivity (Wildman–Crippen MR) is 81.1 cm³/mol. The Hall–Kier alpha value is -1.15. The van der Waals surface area contributed by atoms with Gasteiger partial charge in [0, 0.05) is 13.1 Å². The summed E-state index contributed by atoms with van der Waals surface area (Å²) in [6.07, 6.45) is 1.46. The SMILES string of the molecule is Cl.O=C(O)[C@H]1CCCN1CCNS(=O)(=O)c1ccccc1. The van der Waals surface area contributed by atoms with Crippen LogP contribution in [0.3, 0.4) is 0 Å². The monoisotopic (exact) mass is 334 g/mol. The molecule has 1 aliphatic rings. The van der Waals surface area contributed by atoms with E-state index >= 15 is 0 Å². The van der Waals surface area contributed by atoms with Crippen molar-refractivity contribution < 1.29 is 18.3 Å². The third kappa shape index (κ3) is 4.67. The highest BCUT2D eigenvalue weighted by Crippen LogP contribution is 2.16. The van der Waals surface area contributed by atoms with Crippen LogP contribution in [-0.4, -0.2) is 50.1 Å². The number of benzene rings is 1. The molecule has 1 fully saturated rings. The first kappa shape index (κ1) is 17.9. The van der Waals surface area contributed by atoms with E-state index in [1.807, 2.05) is 0 Å². The molecule has 0 aromatic heterocycles. The highest BCUT2D eigenvalue weighted by atomic mass is 35.5. The van der Waals surface area contributed by atoms with Crippen LogP contribution in [0.25, 0.3) is 0 Å². The average molecular weight is 335 g/mol. The molecule has 0 amide bonds. The first-order valence-corrected chi connectivity index (χ1v) is 8.00. The van der Waals surface area contributed by atoms with Gasteiger partial charge in [0.25, 0.3) is 0 Å². The van der Waals surface area contributed by atoms with E-state index in [-0.39, 0.29) is 23.8 Å². The summed E-state index contributed by atoms with van der Waals surface area (Å²) in [5, 5.41) is 9.04. The second-order valence-electron chi connectivity index (χ2n) is 4.74. The van der Waals surface area contributed by atoms with E-state index in [9.17, 15) is 13.2 Å². The van der Waals surface area contributed by atoms with Gasteiger partial charge in [-0.25, -0.2) is 13.1 Å². The van der Waals surface area contributed by atoms with Crippen molar-refractivity contribution in [1.82, 2.24) is 9.62 Å². The number of hydrogen-bond acceptors (Lipinski definition) is 4. The molecule has 0 aliphatic carbocycles. The second-order valence-corrected chi connectivity index (χ2v) is 6.51. The summed E-state index contributed by atoms with van der Waals surface area (Å²) in [6, 6.07) is 7.64. The number of sulfonamides is 1. The van der Waals surface area contributed by atoms with Crippen LogP contribution in [0, 0.1) is 0 Å². The molecule has 1 atom stereocenters. The Morgan fingerprint density at radius 3 is 2.62 bits per heavy atom. The third-order valence-corrected chi connectivity index (χ3v) is 4.87. The van der Waals surface area contributed by atoms with Crippen molar-refractivity contribution >= 4 is 28.4 Å². The fourth-order valence-corrected chi connectivity index (χ4v) is 3.42. The maximum Gasteiger partial charge on any atom is 0.320 e. The van der Waals surface area contributed by atoms with Gasteiger partial charge in [0.2, 0.25) is 10.0 Å². The number of rotatable bonds is 6. The molecule has 8 heteroatoms. The lowest BCUT2D eigenvalue weighted by Crippen LogP contribution is -2.41. The van der Waals surface area contributed by atoms with E-state index in [1.165, 1.54) is 12.1 Å². The van der Waals surface area contributed by atoms with Gasteiger partial charge in [0.05, 0.1) is 4.90 Å². The van der Waals surface area contributed by atoms with Crippen molar-refractivity contribution in [1.29, 1.82) is 0 Å². The number of nitrogens with one attached hydrogen (secondary N) is 1. The molecule has 2 N–H and O–H groups in total. The van der Waals surface area contributed by atoms with Gasteiger partial charge in [-0.2, -0.15) is 0 Å². The standard InChI is InChI=1S/C13H18N2O4S.ClH/c16-13(17)12-7-4-9-15(12)10-8-14-20(18,19)11-5-2-1-3-6-11;/h1-3,5-6,12,14H,4,7-10H2,(H,16,17);1H/t12-;/m1./s1. The molecule has 0 spiro atoms. The van der Waals surface area contributed by atoms with E-state index in [0.29, 0.717) is 19.5 Å². The first-order valence-electron chi connectivity index (χ1n) is 6.52. The summed E-state index contributed by atoms with van der Waals surface area (Å²) >= 11 is 0. The Morgan fingerprint density at radius 1 is 1.33 bits per heavy atom. The Morgan fingerprint density at radius 2 is 2.00 bits per heavy atom. The minimum Gasteiger partial charge on any atom is -0.480 e. The van der Waals surface area contributed by atoms with Gasteiger partial charge in [-0.05, 0) is 31.5 Å². The van der Waals surface area contributed by atoms with Crippen molar-refractivity contribution in [3.8, 4) is 0 Å². The zero-order valence-corrected chi connectivity index (χ0v) is 13.1. The molecule has 0 unspecified atom stereocenters. The molecule has 0 radical (unpaired) electrons. The van der Waals surface area contributed by atoms with E-state index < -0.39 is 22.0 Å². The number of carboxylic acid groups (broad SMARTS) is 1. The van der Waals surface area contributed by atoms with Gasteiger partial charge >= 0.3 is 5.97 Å². The van der Waals surface area contributed by atoms with Gasteiger partial charge in [-0.1, -0.05) is 18.2 Å². The molecule has 118 valence electrons. The largest absolute Gasteiger partial charge is 0.480 e. The summed E-state index contributed by atoms with van der Waals surface area (Å²) in [4.78, 5) is 13.0. The van der Waals surface area contributed by atoms with E-state index in [4.69, 9.17) is 5.11 Å². The highest BCUT2D eigenvalue weighted by molar-refractivity contribution is 7.89. The number of halogens is 1. The van der Waals surface area contributed by atoms with Gasteiger partial charge in [-0.3, -0.25) is 9.69 Å². The Kier molecular flexibility index (Phi) is 6.60. The Labute approximate surface area is 130 Å². The highest BCUT2D eigenvalue weighted by Gasteiger charge is 2.30. The van der Waals surface area contributed by atoms with Crippen molar-refractivity contribution in [3.05, 3.63) is 30.3 Å². The molecular formula is C13H19ClN2O4S. The van der Waals surface area contributed by atoms with Crippen LogP contribution >= 0.6 is 12.4 Å². The lowest BCUT2D eigenvalue weighted by molar-refractivity contribution is -0.142. The first-order chi connectivity index (χ1) is 9.50. The zero-order chi connectivity index (χ0) is 14.6. The van der Waals surface area contributed by atoms with Gasteiger partial charge < -0.3 is 5.11 Å². The second kappa shape index (κ2) is 7.74. The molecule has 1 aromatic rings. The fourth-order valence-electron chi connectivity index (χ4n) is 2.38. The van der Waals surface area contributed by atoms with Crippen LogP contribution < -0.4 is 4.72 Å². The predicted octanol–water partition coefficient (Wildman–Crippen LogP) is 0.936. The van der Waals surface area contributed by atoms with E-state index in [2.05, 4.69) is 4.72 Å². The van der Waals surface area contributed by atoms with Crippen molar-refractivity contribution in [2.45, 2.75) is 23.8 Å². The number of likely N-dealkylation sites (tertiary alicyclic amines) is 1. The molecule has 1 aromatic carbocycles. The van der Waals surface area contributed by atoms with Crippen LogP contribution in [0.5, 0.6) is 0 Å². The van der Waals surface area contributed by atoms with Crippen molar-refractivity contribution in [2.75, 3.05) is 19.6 Å². The third-order valence-electron chi connectivity index (χ3n) is 3.39. The van der Waals surface area contributed by atoms with Crippen LogP contribution in [0.2, 0.25) is 0 Å². The molecular weight excluding hydrogens is 316 g/mol. The molecule has 0 saturated carbocycles. The number of aliphatic carboxylic acids is 1. The smallest absolute Gasteiger partial charge is 0.320 e. The Balaban J connectivity index is 0.00000220. The maximum absolute atomic E-state index is 12.0. The van der Waals surface area contributed by atoms with E-state index in [1.54, 1.807) is 23.1 Å². The van der Waals surface area contributed by atoms with Gasteiger partial charge in [0.15, 0.2) is 0 Å². The lowest BCUT2D eigenvalue weighted by Gasteiger charge is -2.20.